The van der Waals surface area contributed by atoms with Crippen LogP contribution in [0, 0.1) is 0 Å². The van der Waals surface area contributed by atoms with Gasteiger partial charge in [-0.1, -0.05) is 36.9 Å². The molecule has 1 saturated heterocycles. The molecule has 3 aliphatic heterocycles. The molecule has 0 aliphatic carbocycles. The Hall–Kier alpha value is -4.44. The topological polar surface area (TPSA) is 109 Å². The van der Waals surface area contributed by atoms with Crippen LogP contribution >= 0.6 is 0 Å². The number of hydrogen-bond donors (Lipinski definition) is 3. The smallest absolute Gasteiger partial charge is 0.318 e. The summed E-state index contributed by atoms with van der Waals surface area (Å²) < 4.78 is 0. The van der Waals surface area contributed by atoms with Crippen LogP contribution in [0.4, 0.5) is 10.5 Å². The van der Waals surface area contributed by atoms with E-state index in [0.717, 1.165) is 29.8 Å². The Labute approximate surface area is 259 Å². The van der Waals surface area contributed by atoms with Crippen LogP contribution in [-0.4, -0.2) is 96.8 Å². The van der Waals surface area contributed by atoms with E-state index in [1.54, 1.807) is 24.3 Å². The molecule has 10 nitrogen and oxygen atoms in total. The molecule has 1 atom stereocenters. The lowest BCUT2D eigenvalue weighted by Crippen LogP contribution is -2.52. The second-order valence-electron chi connectivity index (χ2n) is 12.4. The maximum Gasteiger partial charge on any atom is 0.318 e. The molecule has 232 valence electrons. The highest BCUT2D eigenvalue weighted by molar-refractivity contribution is 6.04. The monoisotopic (exact) mass is 597 g/mol. The van der Waals surface area contributed by atoms with E-state index in [2.05, 4.69) is 53.4 Å². The number of urea groups is 1. The van der Waals surface area contributed by atoms with Gasteiger partial charge in [0.15, 0.2) is 0 Å². The summed E-state index contributed by atoms with van der Waals surface area (Å²) in [6, 6.07) is 17.0. The number of rotatable bonds is 8. The summed E-state index contributed by atoms with van der Waals surface area (Å²) in [7, 11) is 4.02. The Morgan fingerprint density at radius 3 is 2.39 bits per heavy atom. The number of amidine groups is 1. The molecule has 3 heterocycles. The molecule has 2 aromatic carbocycles. The van der Waals surface area contributed by atoms with Crippen LogP contribution in [0.5, 0.6) is 0 Å². The quantitative estimate of drug-likeness (QED) is 0.401. The number of hydrogen-bond acceptors (Lipinski definition) is 6. The first-order valence-electron chi connectivity index (χ1n) is 15.2. The first-order chi connectivity index (χ1) is 21.1. The van der Waals surface area contributed by atoms with Crippen LogP contribution in [0.1, 0.15) is 48.7 Å². The second kappa shape index (κ2) is 13.1. The lowest BCUT2D eigenvalue weighted by molar-refractivity contribution is -0.111. The van der Waals surface area contributed by atoms with Crippen LogP contribution in [0.25, 0.3) is 0 Å². The summed E-state index contributed by atoms with van der Waals surface area (Å²) >= 11 is 0. The molecule has 0 saturated carbocycles. The molecular formula is C34H43N7O3. The van der Waals surface area contributed by atoms with Crippen molar-refractivity contribution >= 4 is 29.4 Å². The number of likely N-dealkylation sites (tertiary alicyclic amines) is 1. The van der Waals surface area contributed by atoms with Gasteiger partial charge in [-0.25, -0.2) is 4.79 Å². The molecule has 0 unspecified atom stereocenters. The number of amides is 4. The molecule has 0 spiro atoms. The highest BCUT2D eigenvalue weighted by Crippen LogP contribution is 2.38. The third-order valence-corrected chi connectivity index (χ3v) is 8.78. The predicted octanol–water partition coefficient (Wildman–Crippen LogP) is 3.82. The van der Waals surface area contributed by atoms with Crippen molar-refractivity contribution in [3.05, 3.63) is 89.5 Å². The number of nitrogens with zero attached hydrogens (tertiary/aromatic N) is 4. The molecule has 0 radical (unpaired) electrons. The number of carbonyl (C=O) groups excluding carboxylic acids is 3. The summed E-state index contributed by atoms with van der Waals surface area (Å²) in [5, 5.41) is 9.64. The van der Waals surface area contributed by atoms with Crippen LogP contribution in [0.15, 0.2) is 83.4 Å². The van der Waals surface area contributed by atoms with Gasteiger partial charge in [-0.3, -0.25) is 14.6 Å². The summed E-state index contributed by atoms with van der Waals surface area (Å²) in [5.74, 6) is 0.566. The summed E-state index contributed by atoms with van der Waals surface area (Å²) in [6.45, 7) is 10.7. The third kappa shape index (κ3) is 6.70. The molecule has 44 heavy (non-hydrogen) atoms. The van der Waals surface area contributed by atoms with E-state index in [4.69, 9.17) is 4.99 Å². The van der Waals surface area contributed by atoms with Crippen molar-refractivity contribution in [3.8, 4) is 0 Å². The number of benzene rings is 2. The van der Waals surface area contributed by atoms with Crippen molar-refractivity contribution in [2.24, 2.45) is 4.99 Å². The first-order valence-corrected chi connectivity index (χ1v) is 15.2. The van der Waals surface area contributed by atoms with Gasteiger partial charge in [0.2, 0.25) is 5.91 Å². The molecule has 1 fully saturated rings. The van der Waals surface area contributed by atoms with E-state index in [9.17, 15) is 14.4 Å². The maximum atomic E-state index is 13.7. The van der Waals surface area contributed by atoms with Gasteiger partial charge >= 0.3 is 6.03 Å². The van der Waals surface area contributed by atoms with Gasteiger partial charge in [0.25, 0.3) is 5.91 Å². The van der Waals surface area contributed by atoms with E-state index in [0.29, 0.717) is 44.0 Å². The lowest BCUT2D eigenvalue weighted by Gasteiger charge is -2.36. The van der Waals surface area contributed by atoms with E-state index in [-0.39, 0.29) is 29.9 Å². The van der Waals surface area contributed by atoms with Crippen LogP contribution in [0.2, 0.25) is 0 Å². The second-order valence-corrected chi connectivity index (χ2v) is 12.4. The van der Waals surface area contributed by atoms with Crippen molar-refractivity contribution in [2.45, 2.75) is 44.3 Å². The van der Waals surface area contributed by atoms with Gasteiger partial charge in [0, 0.05) is 42.5 Å². The largest absolute Gasteiger partial charge is 0.367 e. The van der Waals surface area contributed by atoms with Crippen molar-refractivity contribution < 1.29 is 14.4 Å². The fraction of sp³-hybridized carbons (Fsp3) is 0.412. The summed E-state index contributed by atoms with van der Waals surface area (Å²) in [4.78, 5) is 49.0. The SMILES string of the molecule is C=CC(=O)Nc1ccc(C(=O)N2CCC(NC3=NCC4=C3CN(C(=O)N[C@H](CN(C)C)c3ccccc3)C4(C)C)CC2)cc1. The number of aliphatic imine (C=N–C) groups is 1. The lowest BCUT2D eigenvalue weighted by atomic mass is 9.94. The van der Waals surface area contributed by atoms with Crippen LogP contribution in [-0.2, 0) is 4.79 Å². The standard InChI is InChI=1S/C34H43N7O3/c1-6-30(42)36-25-14-12-24(13-15-25)32(43)40-18-16-26(17-19-40)37-31-27-21-41(34(2,3)28(27)20-35-31)33(44)38-29(22-39(4)5)23-10-8-7-9-11-23/h6-15,26,29H,1,16-22H2,2-5H3,(H,35,37)(H,36,42)(H,38,44)/t29-/m1/s1. The van der Waals surface area contributed by atoms with E-state index in [1.165, 1.54) is 11.6 Å². The minimum atomic E-state index is -0.453. The number of nitrogens with one attached hydrogen (secondary N) is 3. The molecule has 0 bridgehead atoms. The molecule has 3 N–H and O–H groups in total. The Kier molecular flexibility index (Phi) is 9.20. The predicted molar refractivity (Wildman–Crippen MR) is 174 cm³/mol. The van der Waals surface area contributed by atoms with Crippen molar-refractivity contribution in [1.29, 1.82) is 0 Å². The van der Waals surface area contributed by atoms with Crippen molar-refractivity contribution in [3.63, 3.8) is 0 Å². The van der Waals surface area contributed by atoms with Crippen molar-refractivity contribution in [1.82, 2.24) is 25.3 Å². The fourth-order valence-corrected chi connectivity index (χ4v) is 6.21. The highest BCUT2D eigenvalue weighted by Gasteiger charge is 2.46. The van der Waals surface area contributed by atoms with Gasteiger partial charge in [-0.05, 0) is 82.3 Å². The Balaban J connectivity index is 1.16. The Bertz CT molecular complexity index is 1460. The maximum absolute atomic E-state index is 13.7. The molecule has 3 aliphatic rings. The third-order valence-electron chi connectivity index (χ3n) is 8.78. The van der Waals surface area contributed by atoms with Gasteiger partial charge in [0.05, 0.1) is 24.7 Å². The minimum absolute atomic E-state index is 0.0180. The summed E-state index contributed by atoms with van der Waals surface area (Å²) in [5.41, 5.74) is 4.13. The van der Waals surface area contributed by atoms with Crippen LogP contribution in [0.3, 0.4) is 0 Å². The molecule has 5 rings (SSSR count). The Morgan fingerprint density at radius 2 is 1.75 bits per heavy atom. The highest BCUT2D eigenvalue weighted by atomic mass is 16.2. The molecule has 10 heteroatoms. The van der Waals surface area contributed by atoms with Gasteiger partial charge in [0.1, 0.15) is 5.84 Å². The molecule has 2 aromatic rings. The number of anilines is 1. The average Bonchev–Trinajstić information content (AvgIpc) is 3.54. The van der Waals surface area contributed by atoms with Crippen LogP contribution < -0.4 is 16.0 Å². The zero-order chi connectivity index (χ0) is 31.4. The first kappa shape index (κ1) is 31.0. The zero-order valence-electron chi connectivity index (χ0n) is 26.1. The average molecular weight is 598 g/mol. The molecular weight excluding hydrogens is 554 g/mol. The number of likely N-dealkylation sites (N-methyl/N-ethyl adjacent to an activating group) is 1. The van der Waals surface area contributed by atoms with Gasteiger partial charge in [-0.2, -0.15) is 0 Å². The van der Waals surface area contributed by atoms with Gasteiger partial charge < -0.3 is 30.7 Å². The molecule has 4 amide bonds. The minimum Gasteiger partial charge on any atom is -0.367 e. The van der Waals surface area contributed by atoms with E-state index < -0.39 is 5.54 Å². The van der Waals surface area contributed by atoms with E-state index in [1.807, 2.05) is 42.1 Å². The number of carbonyl (C=O) groups is 3. The van der Waals surface area contributed by atoms with Gasteiger partial charge in [-0.15, -0.1) is 0 Å². The zero-order valence-corrected chi connectivity index (χ0v) is 26.1. The fourth-order valence-electron chi connectivity index (χ4n) is 6.21. The Morgan fingerprint density at radius 1 is 1.07 bits per heavy atom. The normalized spacial score (nSPS) is 18.5. The molecule has 0 aromatic heterocycles. The number of piperidine rings is 1. The van der Waals surface area contributed by atoms with Crippen molar-refractivity contribution in [2.75, 3.05) is 52.1 Å². The van der Waals surface area contributed by atoms with E-state index >= 15 is 0 Å². The summed E-state index contributed by atoms with van der Waals surface area (Å²) in [6.07, 6.45) is 2.82.